The molecular weight excluding hydrogens is 244 g/mol. The van der Waals surface area contributed by atoms with Crippen LogP contribution in [0.25, 0.3) is 0 Å². The Bertz CT molecular complexity index is 464. The predicted molar refractivity (Wildman–Crippen MR) is 72.5 cm³/mol. The Labute approximate surface area is 112 Å². The third-order valence-corrected chi connectivity index (χ3v) is 3.54. The van der Waals surface area contributed by atoms with Gasteiger partial charge in [-0.3, -0.25) is 15.6 Å². The quantitative estimate of drug-likeness (QED) is 0.545. The summed E-state index contributed by atoms with van der Waals surface area (Å²) >= 11 is 0. The Morgan fingerprint density at radius 2 is 2.47 bits per heavy atom. The number of aliphatic hydroxyl groups excluding tert-OH is 1. The highest BCUT2D eigenvalue weighted by Crippen LogP contribution is 2.23. The molecule has 2 heterocycles. The van der Waals surface area contributed by atoms with Crippen LogP contribution >= 0.6 is 0 Å². The molecular formula is C13H20N4O2. The highest BCUT2D eigenvalue weighted by atomic mass is 16.3. The average molecular weight is 264 g/mol. The number of hydrogen-bond acceptors (Lipinski definition) is 5. The van der Waals surface area contributed by atoms with Gasteiger partial charge in [-0.05, 0) is 31.7 Å². The number of nitrogen functional groups attached to an aromatic ring is 1. The molecule has 1 amide bonds. The number of amides is 1. The van der Waals surface area contributed by atoms with Crippen LogP contribution in [0.3, 0.4) is 0 Å². The van der Waals surface area contributed by atoms with Gasteiger partial charge < -0.3 is 15.4 Å². The number of nitrogens with one attached hydrogen (secondary N) is 1. The van der Waals surface area contributed by atoms with E-state index in [1.807, 2.05) is 6.92 Å². The van der Waals surface area contributed by atoms with E-state index >= 15 is 0 Å². The number of hydrazine groups is 1. The molecule has 4 N–H and O–H groups in total. The van der Waals surface area contributed by atoms with Crippen LogP contribution in [0.15, 0.2) is 12.3 Å². The van der Waals surface area contributed by atoms with E-state index in [1.165, 1.54) is 0 Å². The third-order valence-electron chi connectivity index (χ3n) is 3.54. The first kappa shape index (κ1) is 13.8. The van der Waals surface area contributed by atoms with Crippen molar-refractivity contribution in [2.24, 2.45) is 11.8 Å². The monoisotopic (exact) mass is 264 g/mol. The minimum Gasteiger partial charge on any atom is -0.396 e. The van der Waals surface area contributed by atoms with Crippen molar-refractivity contribution in [3.8, 4) is 0 Å². The number of aromatic nitrogens is 1. The number of aliphatic hydroxyl groups is 1. The van der Waals surface area contributed by atoms with Crippen molar-refractivity contribution in [1.82, 2.24) is 9.88 Å². The van der Waals surface area contributed by atoms with E-state index in [-0.39, 0.29) is 12.5 Å². The van der Waals surface area contributed by atoms with Crippen LogP contribution in [0.1, 0.15) is 28.9 Å². The number of rotatable bonds is 4. The van der Waals surface area contributed by atoms with Gasteiger partial charge in [0.15, 0.2) is 0 Å². The topological polar surface area (TPSA) is 91.5 Å². The maximum Gasteiger partial charge on any atom is 0.257 e. The zero-order chi connectivity index (χ0) is 13.8. The SMILES string of the molecule is Cc1cc(NN)c(C(=O)N2CCC(CCO)C2)cn1. The number of hydrogen-bond donors (Lipinski definition) is 3. The molecule has 0 bridgehead atoms. The molecule has 1 aliphatic rings. The number of nitrogens with two attached hydrogens (primary N) is 1. The lowest BCUT2D eigenvalue weighted by Gasteiger charge is -2.18. The number of likely N-dealkylation sites (tertiary alicyclic amines) is 1. The molecule has 19 heavy (non-hydrogen) atoms. The summed E-state index contributed by atoms with van der Waals surface area (Å²) < 4.78 is 0. The van der Waals surface area contributed by atoms with Crippen LogP contribution in [0.2, 0.25) is 0 Å². The molecule has 0 radical (unpaired) electrons. The molecule has 1 aromatic rings. The van der Waals surface area contributed by atoms with Crippen molar-refractivity contribution in [3.05, 3.63) is 23.5 Å². The van der Waals surface area contributed by atoms with Gasteiger partial charge in [-0.25, -0.2) is 0 Å². The summed E-state index contributed by atoms with van der Waals surface area (Å²) in [5.41, 5.74) is 4.46. The van der Waals surface area contributed by atoms with Gasteiger partial charge in [0.25, 0.3) is 5.91 Å². The molecule has 1 aliphatic heterocycles. The van der Waals surface area contributed by atoms with E-state index in [0.717, 1.165) is 25.1 Å². The van der Waals surface area contributed by atoms with E-state index in [1.54, 1.807) is 17.2 Å². The second kappa shape index (κ2) is 5.99. The van der Waals surface area contributed by atoms with Gasteiger partial charge in [0.1, 0.15) is 0 Å². The predicted octanol–water partition coefficient (Wildman–Crippen LogP) is 0.520. The smallest absolute Gasteiger partial charge is 0.257 e. The third kappa shape index (κ3) is 3.02. The maximum atomic E-state index is 12.4. The minimum atomic E-state index is -0.0547. The fourth-order valence-corrected chi connectivity index (χ4v) is 2.46. The van der Waals surface area contributed by atoms with Crippen molar-refractivity contribution in [1.29, 1.82) is 0 Å². The summed E-state index contributed by atoms with van der Waals surface area (Å²) in [6.07, 6.45) is 3.25. The van der Waals surface area contributed by atoms with E-state index in [0.29, 0.717) is 23.7 Å². The summed E-state index contributed by atoms with van der Waals surface area (Å²) in [5, 5.41) is 8.94. The van der Waals surface area contributed by atoms with Crippen LogP contribution < -0.4 is 11.3 Å². The zero-order valence-corrected chi connectivity index (χ0v) is 11.1. The van der Waals surface area contributed by atoms with Crippen molar-refractivity contribution in [3.63, 3.8) is 0 Å². The average Bonchev–Trinajstić information content (AvgIpc) is 2.87. The number of carbonyl (C=O) groups excluding carboxylic acids is 1. The fourth-order valence-electron chi connectivity index (χ4n) is 2.46. The van der Waals surface area contributed by atoms with Gasteiger partial charge in [-0.2, -0.15) is 0 Å². The molecule has 0 aliphatic carbocycles. The minimum absolute atomic E-state index is 0.0547. The van der Waals surface area contributed by atoms with Gasteiger partial charge in [0.05, 0.1) is 11.3 Å². The first-order valence-corrected chi connectivity index (χ1v) is 6.49. The van der Waals surface area contributed by atoms with Gasteiger partial charge in [0, 0.05) is 31.6 Å². The second-order valence-corrected chi connectivity index (χ2v) is 4.93. The summed E-state index contributed by atoms with van der Waals surface area (Å²) in [6.45, 7) is 3.44. The molecule has 0 spiro atoms. The number of carbonyl (C=O) groups is 1. The standard InChI is InChI=1S/C13H20N4O2/c1-9-6-12(16-14)11(7-15-9)13(19)17-4-2-10(8-17)3-5-18/h6-7,10,18H,2-5,8,14H2,1H3,(H,15,16). The van der Waals surface area contributed by atoms with Gasteiger partial charge in [-0.1, -0.05) is 0 Å². The highest BCUT2D eigenvalue weighted by molar-refractivity contribution is 5.99. The number of aryl methyl sites for hydroxylation is 1. The van der Waals surface area contributed by atoms with Crippen molar-refractivity contribution < 1.29 is 9.90 Å². The normalized spacial score (nSPS) is 18.7. The Kier molecular flexibility index (Phi) is 4.34. The molecule has 1 fully saturated rings. The zero-order valence-electron chi connectivity index (χ0n) is 11.1. The molecule has 1 unspecified atom stereocenters. The fraction of sp³-hybridized carbons (Fsp3) is 0.538. The Morgan fingerprint density at radius 1 is 1.68 bits per heavy atom. The lowest BCUT2D eigenvalue weighted by Crippen LogP contribution is -2.30. The molecule has 0 aromatic carbocycles. The van der Waals surface area contributed by atoms with Crippen LogP contribution in [0.5, 0.6) is 0 Å². The van der Waals surface area contributed by atoms with Crippen LogP contribution in [-0.4, -0.2) is 40.6 Å². The largest absolute Gasteiger partial charge is 0.396 e. The molecule has 2 rings (SSSR count). The summed E-state index contributed by atoms with van der Waals surface area (Å²) in [4.78, 5) is 18.4. The van der Waals surface area contributed by atoms with Gasteiger partial charge in [-0.15, -0.1) is 0 Å². The first-order chi connectivity index (χ1) is 9.15. The van der Waals surface area contributed by atoms with E-state index in [4.69, 9.17) is 10.9 Å². The molecule has 6 heteroatoms. The summed E-state index contributed by atoms with van der Waals surface area (Å²) in [6, 6.07) is 1.76. The molecule has 104 valence electrons. The molecule has 1 atom stereocenters. The van der Waals surface area contributed by atoms with Gasteiger partial charge >= 0.3 is 0 Å². The van der Waals surface area contributed by atoms with Crippen LogP contribution in [0.4, 0.5) is 5.69 Å². The van der Waals surface area contributed by atoms with E-state index in [9.17, 15) is 4.79 Å². The Hall–Kier alpha value is -1.66. The second-order valence-electron chi connectivity index (χ2n) is 4.93. The van der Waals surface area contributed by atoms with E-state index < -0.39 is 0 Å². The molecule has 6 nitrogen and oxygen atoms in total. The van der Waals surface area contributed by atoms with E-state index in [2.05, 4.69) is 10.4 Å². The Balaban J connectivity index is 2.12. The van der Waals surface area contributed by atoms with Crippen LogP contribution in [0, 0.1) is 12.8 Å². The maximum absolute atomic E-state index is 12.4. The van der Waals surface area contributed by atoms with Crippen molar-refractivity contribution in [2.75, 3.05) is 25.1 Å². The summed E-state index contributed by atoms with van der Waals surface area (Å²) in [5.74, 6) is 5.79. The molecule has 1 aromatic heterocycles. The number of anilines is 1. The highest BCUT2D eigenvalue weighted by Gasteiger charge is 2.27. The lowest BCUT2D eigenvalue weighted by atomic mass is 10.1. The van der Waals surface area contributed by atoms with Crippen molar-refractivity contribution in [2.45, 2.75) is 19.8 Å². The Morgan fingerprint density at radius 3 is 3.16 bits per heavy atom. The number of nitrogens with zero attached hydrogens (tertiary/aromatic N) is 2. The summed E-state index contributed by atoms with van der Waals surface area (Å²) in [7, 11) is 0. The lowest BCUT2D eigenvalue weighted by molar-refractivity contribution is 0.0785. The number of pyridine rings is 1. The molecule has 0 saturated carbocycles. The molecule has 1 saturated heterocycles. The first-order valence-electron chi connectivity index (χ1n) is 6.49. The van der Waals surface area contributed by atoms with Crippen molar-refractivity contribution >= 4 is 11.6 Å². The van der Waals surface area contributed by atoms with Gasteiger partial charge in [0.2, 0.25) is 0 Å². The van der Waals surface area contributed by atoms with Crippen LogP contribution in [-0.2, 0) is 0 Å².